The van der Waals surface area contributed by atoms with Crippen LogP contribution >= 0.6 is 55.2 Å². The molecule has 3 rings (SSSR count). The van der Waals surface area contributed by atoms with Crippen LogP contribution in [0.3, 0.4) is 0 Å². The minimum Gasteiger partial charge on any atom is -0.486 e. The van der Waals surface area contributed by atoms with Gasteiger partial charge in [0.15, 0.2) is 0 Å². The van der Waals surface area contributed by atoms with Crippen LogP contribution in [-0.2, 0) is 11.4 Å². The van der Waals surface area contributed by atoms with Gasteiger partial charge in [-0.3, -0.25) is 14.5 Å². The second-order valence-corrected chi connectivity index (χ2v) is 9.14. The van der Waals surface area contributed by atoms with E-state index >= 15 is 0 Å². The Bertz CT molecular complexity index is 941. The second kappa shape index (κ2) is 9.48. The van der Waals surface area contributed by atoms with Gasteiger partial charge in [0.1, 0.15) is 12.4 Å². The van der Waals surface area contributed by atoms with Crippen molar-refractivity contribution in [2.24, 2.45) is 0 Å². The van der Waals surface area contributed by atoms with Crippen molar-refractivity contribution >= 4 is 72.4 Å². The zero-order valence-electron chi connectivity index (χ0n) is 14.9. The number of rotatable bonds is 6. The van der Waals surface area contributed by atoms with Gasteiger partial charge in [-0.1, -0.05) is 36.7 Å². The van der Waals surface area contributed by atoms with E-state index in [2.05, 4.69) is 31.9 Å². The summed E-state index contributed by atoms with van der Waals surface area (Å²) in [6.07, 6.45) is 2.45. The summed E-state index contributed by atoms with van der Waals surface area (Å²) >= 11 is 14.2. The zero-order chi connectivity index (χ0) is 20.3. The summed E-state index contributed by atoms with van der Waals surface area (Å²) in [7, 11) is 0. The number of carbonyl (C=O) groups excluding carboxylic acids is 2. The molecule has 2 aromatic rings. The lowest BCUT2D eigenvalue weighted by molar-refractivity contribution is -0.122. The number of amides is 2. The predicted molar refractivity (Wildman–Crippen MR) is 121 cm³/mol. The molecule has 8 heteroatoms. The fraction of sp³-hybridized carbons (Fsp3) is 0.200. The van der Waals surface area contributed by atoms with Crippen molar-refractivity contribution in [2.75, 3.05) is 6.54 Å². The summed E-state index contributed by atoms with van der Waals surface area (Å²) < 4.78 is 7.37. The SMILES string of the molecule is CCCN1C(=O)S/C(=C/c2cc(Br)c(OCc3ccccc3Cl)c(Br)c2)C1=O. The molecule has 4 nitrogen and oxygen atoms in total. The number of carbonyl (C=O) groups is 2. The molecule has 0 radical (unpaired) electrons. The van der Waals surface area contributed by atoms with E-state index in [-0.39, 0.29) is 11.1 Å². The lowest BCUT2D eigenvalue weighted by Gasteiger charge is -2.12. The third-order valence-electron chi connectivity index (χ3n) is 3.97. The Kier molecular flexibility index (Phi) is 7.25. The summed E-state index contributed by atoms with van der Waals surface area (Å²) in [5, 5.41) is 0.421. The summed E-state index contributed by atoms with van der Waals surface area (Å²) in [6, 6.07) is 11.2. The molecule has 146 valence electrons. The van der Waals surface area contributed by atoms with Crippen LogP contribution in [0.2, 0.25) is 5.02 Å². The number of hydrogen-bond acceptors (Lipinski definition) is 4. The van der Waals surface area contributed by atoms with Crippen molar-refractivity contribution in [2.45, 2.75) is 20.0 Å². The molecule has 0 N–H and O–H groups in total. The predicted octanol–water partition coefficient (Wildman–Crippen LogP) is 6.89. The first-order chi connectivity index (χ1) is 13.4. The summed E-state index contributed by atoms with van der Waals surface area (Å²) in [5.41, 5.74) is 1.67. The Morgan fingerprint density at radius 1 is 1.18 bits per heavy atom. The number of thioether (sulfide) groups is 1. The van der Waals surface area contributed by atoms with E-state index in [0.29, 0.717) is 28.8 Å². The van der Waals surface area contributed by atoms with Crippen molar-refractivity contribution < 1.29 is 14.3 Å². The highest BCUT2D eigenvalue weighted by Gasteiger charge is 2.34. The molecule has 0 spiro atoms. The number of halogens is 3. The van der Waals surface area contributed by atoms with Gasteiger partial charge in [0.25, 0.3) is 11.1 Å². The van der Waals surface area contributed by atoms with E-state index in [1.165, 1.54) is 4.90 Å². The van der Waals surface area contributed by atoms with Crippen LogP contribution in [0, 0.1) is 0 Å². The number of benzene rings is 2. The van der Waals surface area contributed by atoms with Crippen molar-refractivity contribution in [1.82, 2.24) is 4.90 Å². The summed E-state index contributed by atoms with van der Waals surface area (Å²) in [4.78, 5) is 26.1. The molecule has 1 heterocycles. The normalized spacial score (nSPS) is 15.6. The average Bonchev–Trinajstić information content (AvgIpc) is 2.90. The fourth-order valence-corrected chi connectivity index (χ4v) is 5.14. The van der Waals surface area contributed by atoms with E-state index < -0.39 is 0 Å². The third-order valence-corrected chi connectivity index (χ3v) is 6.42. The van der Waals surface area contributed by atoms with Gasteiger partial charge in [-0.25, -0.2) is 0 Å². The quantitative estimate of drug-likeness (QED) is 0.371. The molecule has 1 saturated heterocycles. The largest absolute Gasteiger partial charge is 0.486 e. The molecule has 1 aliphatic heterocycles. The molecule has 0 aromatic heterocycles. The smallest absolute Gasteiger partial charge is 0.293 e. The van der Waals surface area contributed by atoms with Gasteiger partial charge in [0, 0.05) is 17.1 Å². The van der Waals surface area contributed by atoms with Crippen LogP contribution in [0.1, 0.15) is 24.5 Å². The van der Waals surface area contributed by atoms with E-state index in [0.717, 1.165) is 38.3 Å². The molecular weight excluding hydrogens is 530 g/mol. The van der Waals surface area contributed by atoms with Gasteiger partial charge >= 0.3 is 0 Å². The van der Waals surface area contributed by atoms with Gasteiger partial charge < -0.3 is 4.74 Å². The molecule has 2 amide bonds. The molecule has 0 atom stereocenters. The monoisotopic (exact) mass is 543 g/mol. The minimum absolute atomic E-state index is 0.226. The minimum atomic E-state index is -0.247. The maximum atomic E-state index is 12.4. The second-order valence-electron chi connectivity index (χ2n) is 6.03. The van der Waals surface area contributed by atoms with Crippen molar-refractivity contribution in [3.05, 3.63) is 66.4 Å². The van der Waals surface area contributed by atoms with Crippen LogP contribution in [0.15, 0.2) is 50.2 Å². The van der Waals surface area contributed by atoms with Crippen LogP contribution < -0.4 is 4.74 Å². The fourth-order valence-electron chi connectivity index (χ4n) is 2.63. The maximum Gasteiger partial charge on any atom is 0.293 e. The third kappa shape index (κ3) is 4.82. The molecule has 2 aromatic carbocycles. The van der Waals surface area contributed by atoms with Gasteiger partial charge in [0.05, 0.1) is 13.9 Å². The molecule has 0 aliphatic carbocycles. The number of hydrogen-bond donors (Lipinski definition) is 0. The molecule has 0 bridgehead atoms. The van der Waals surface area contributed by atoms with Crippen molar-refractivity contribution in [3.8, 4) is 5.75 Å². The first kappa shape index (κ1) is 21.4. The Morgan fingerprint density at radius 3 is 2.50 bits per heavy atom. The van der Waals surface area contributed by atoms with E-state index in [1.807, 2.05) is 43.3 Å². The number of nitrogens with zero attached hydrogens (tertiary/aromatic N) is 1. The van der Waals surface area contributed by atoms with E-state index in [9.17, 15) is 9.59 Å². The van der Waals surface area contributed by atoms with E-state index in [4.69, 9.17) is 16.3 Å². The van der Waals surface area contributed by atoms with Gasteiger partial charge in [-0.2, -0.15) is 0 Å². The first-order valence-corrected chi connectivity index (χ1v) is 11.3. The highest BCUT2D eigenvalue weighted by Crippen LogP contribution is 2.38. The van der Waals surface area contributed by atoms with Gasteiger partial charge in [-0.05, 0) is 79.9 Å². The van der Waals surface area contributed by atoms with E-state index in [1.54, 1.807) is 6.08 Å². The standard InChI is InChI=1S/C20H16Br2ClNO3S/c1-2-7-24-19(25)17(28-20(24)26)10-12-8-14(21)18(15(22)9-12)27-11-13-5-3-4-6-16(13)23/h3-6,8-10H,2,7,11H2,1H3/b17-10+. The molecular formula is C20H16Br2ClNO3S. The zero-order valence-corrected chi connectivity index (χ0v) is 19.6. The summed E-state index contributed by atoms with van der Waals surface area (Å²) in [6.45, 7) is 2.69. The Balaban J connectivity index is 1.79. The highest BCUT2D eigenvalue weighted by molar-refractivity contribution is 9.11. The highest BCUT2D eigenvalue weighted by atomic mass is 79.9. The molecule has 1 fully saturated rings. The Morgan fingerprint density at radius 2 is 1.86 bits per heavy atom. The molecule has 0 saturated carbocycles. The number of ether oxygens (including phenoxy) is 1. The van der Waals surface area contributed by atoms with Gasteiger partial charge in [-0.15, -0.1) is 0 Å². The molecule has 0 unspecified atom stereocenters. The van der Waals surface area contributed by atoms with Crippen LogP contribution in [-0.4, -0.2) is 22.6 Å². The lowest BCUT2D eigenvalue weighted by atomic mass is 10.2. The average molecular weight is 546 g/mol. The topological polar surface area (TPSA) is 46.6 Å². The van der Waals surface area contributed by atoms with Crippen molar-refractivity contribution in [3.63, 3.8) is 0 Å². The lowest BCUT2D eigenvalue weighted by Crippen LogP contribution is -2.28. The first-order valence-electron chi connectivity index (χ1n) is 8.51. The van der Waals surface area contributed by atoms with Crippen LogP contribution in [0.25, 0.3) is 6.08 Å². The Labute approximate surface area is 189 Å². The van der Waals surface area contributed by atoms with Gasteiger partial charge in [0.2, 0.25) is 0 Å². The van der Waals surface area contributed by atoms with Crippen molar-refractivity contribution in [1.29, 1.82) is 0 Å². The number of imide groups is 1. The van der Waals surface area contributed by atoms with Crippen LogP contribution in [0.4, 0.5) is 4.79 Å². The Hall–Kier alpha value is -1.28. The maximum absolute atomic E-state index is 12.4. The van der Waals surface area contributed by atoms with Crippen LogP contribution in [0.5, 0.6) is 5.75 Å². The molecule has 28 heavy (non-hydrogen) atoms. The molecule has 1 aliphatic rings. The summed E-state index contributed by atoms with van der Waals surface area (Å²) in [5.74, 6) is 0.388.